The van der Waals surface area contributed by atoms with Crippen LogP contribution in [0.1, 0.15) is 12.3 Å². The number of carbonyl (C=O) groups is 1. The molecule has 0 fully saturated rings. The van der Waals surface area contributed by atoms with Crippen LogP contribution in [0.2, 0.25) is 0 Å². The number of hydrogen-bond donors (Lipinski definition) is 1. The molecule has 0 atom stereocenters. The van der Waals surface area contributed by atoms with E-state index in [1.54, 1.807) is 51.8 Å². The SMILES string of the molecule is COc1ccc(NC(=O)CCc2ncc(-c3ccc(OC)cc3OC)o2)c(OC)c1. The second-order valence-electron chi connectivity index (χ2n) is 6.30. The van der Waals surface area contributed by atoms with Crippen LogP contribution in [0, 0.1) is 0 Å². The van der Waals surface area contributed by atoms with E-state index in [0.717, 1.165) is 5.56 Å². The molecule has 1 heterocycles. The Bertz CT molecular complexity index is 1010. The molecule has 2 aromatic carbocycles. The van der Waals surface area contributed by atoms with Crippen molar-refractivity contribution in [1.82, 2.24) is 4.98 Å². The van der Waals surface area contributed by atoms with E-state index in [0.29, 0.717) is 46.8 Å². The lowest BCUT2D eigenvalue weighted by Gasteiger charge is -2.11. The van der Waals surface area contributed by atoms with Gasteiger partial charge in [-0.2, -0.15) is 0 Å². The van der Waals surface area contributed by atoms with Gasteiger partial charge in [0, 0.05) is 25.0 Å². The van der Waals surface area contributed by atoms with Crippen LogP contribution < -0.4 is 24.3 Å². The summed E-state index contributed by atoms with van der Waals surface area (Å²) in [6.07, 6.45) is 2.17. The second kappa shape index (κ2) is 9.69. The third-order valence-electron chi connectivity index (χ3n) is 4.48. The zero-order valence-electron chi connectivity index (χ0n) is 17.4. The molecule has 0 saturated heterocycles. The average molecular weight is 412 g/mol. The van der Waals surface area contributed by atoms with Crippen molar-refractivity contribution >= 4 is 11.6 Å². The van der Waals surface area contributed by atoms with Gasteiger partial charge in [0.2, 0.25) is 5.91 Å². The number of aromatic nitrogens is 1. The van der Waals surface area contributed by atoms with Crippen molar-refractivity contribution in [2.75, 3.05) is 33.8 Å². The molecule has 8 heteroatoms. The first-order chi connectivity index (χ1) is 14.6. The molecule has 0 unspecified atom stereocenters. The number of ether oxygens (including phenoxy) is 4. The van der Waals surface area contributed by atoms with E-state index >= 15 is 0 Å². The smallest absolute Gasteiger partial charge is 0.224 e. The van der Waals surface area contributed by atoms with Gasteiger partial charge in [0.15, 0.2) is 11.7 Å². The number of amides is 1. The Kier molecular flexibility index (Phi) is 6.79. The van der Waals surface area contributed by atoms with Crippen LogP contribution in [0.25, 0.3) is 11.3 Å². The molecule has 0 spiro atoms. The second-order valence-corrected chi connectivity index (χ2v) is 6.30. The largest absolute Gasteiger partial charge is 0.497 e. The fraction of sp³-hybridized carbons (Fsp3) is 0.273. The highest BCUT2D eigenvalue weighted by molar-refractivity contribution is 5.92. The number of aryl methyl sites for hydroxylation is 1. The van der Waals surface area contributed by atoms with Gasteiger partial charge in [0.05, 0.1) is 45.9 Å². The molecular formula is C22H24N2O6. The summed E-state index contributed by atoms with van der Waals surface area (Å²) < 4.78 is 26.9. The van der Waals surface area contributed by atoms with E-state index < -0.39 is 0 Å². The molecule has 0 aliphatic heterocycles. The molecule has 30 heavy (non-hydrogen) atoms. The highest BCUT2D eigenvalue weighted by atomic mass is 16.5. The van der Waals surface area contributed by atoms with Crippen LogP contribution in [0.15, 0.2) is 47.0 Å². The summed E-state index contributed by atoms with van der Waals surface area (Å²) in [5, 5.41) is 2.83. The molecule has 0 aliphatic rings. The maximum absolute atomic E-state index is 12.4. The number of carbonyl (C=O) groups excluding carboxylic acids is 1. The number of nitrogens with one attached hydrogen (secondary N) is 1. The normalized spacial score (nSPS) is 10.4. The summed E-state index contributed by atoms with van der Waals surface area (Å²) in [4.78, 5) is 16.6. The van der Waals surface area contributed by atoms with Crippen LogP contribution in [-0.2, 0) is 11.2 Å². The first-order valence-corrected chi connectivity index (χ1v) is 9.27. The summed E-state index contributed by atoms with van der Waals surface area (Å²) in [6.45, 7) is 0. The van der Waals surface area contributed by atoms with E-state index in [9.17, 15) is 4.79 Å². The summed E-state index contributed by atoms with van der Waals surface area (Å²) in [5.41, 5.74) is 1.32. The zero-order valence-corrected chi connectivity index (χ0v) is 17.4. The summed E-state index contributed by atoms with van der Waals surface area (Å²) in [6, 6.07) is 10.6. The summed E-state index contributed by atoms with van der Waals surface area (Å²) in [5.74, 6) is 3.29. The van der Waals surface area contributed by atoms with E-state index in [1.807, 2.05) is 12.1 Å². The van der Waals surface area contributed by atoms with Crippen LogP contribution >= 0.6 is 0 Å². The Morgan fingerprint density at radius 2 is 1.60 bits per heavy atom. The Balaban J connectivity index is 1.64. The van der Waals surface area contributed by atoms with Gasteiger partial charge in [-0.1, -0.05) is 0 Å². The van der Waals surface area contributed by atoms with Crippen molar-refractivity contribution < 1.29 is 28.2 Å². The fourth-order valence-corrected chi connectivity index (χ4v) is 2.89. The quantitative estimate of drug-likeness (QED) is 0.569. The van der Waals surface area contributed by atoms with Gasteiger partial charge in [0.1, 0.15) is 23.0 Å². The predicted molar refractivity (Wildman–Crippen MR) is 112 cm³/mol. The summed E-state index contributed by atoms with van der Waals surface area (Å²) in [7, 11) is 6.27. The Morgan fingerprint density at radius 1 is 0.933 bits per heavy atom. The van der Waals surface area contributed by atoms with Gasteiger partial charge >= 0.3 is 0 Å². The number of methoxy groups -OCH3 is 4. The fourth-order valence-electron chi connectivity index (χ4n) is 2.89. The minimum atomic E-state index is -0.180. The van der Waals surface area contributed by atoms with Crippen molar-refractivity contribution in [2.45, 2.75) is 12.8 Å². The number of anilines is 1. The lowest BCUT2D eigenvalue weighted by Crippen LogP contribution is -2.13. The highest BCUT2D eigenvalue weighted by Crippen LogP contribution is 2.34. The van der Waals surface area contributed by atoms with Gasteiger partial charge in [-0.05, 0) is 24.3 Å². The lowest BCUT2D eigenvalue weighted by atomic mass is 10.1. The first kappa shape index (κ1) is 21.0. The van der Waals surface area contributed by atoms with Gasteiger partial charge in [-0.25, -0.2) is 4.98 Å². The standard InChI is InChI=1S/C22H24N2O6/c1-26-14-5-7-16(18(11-14)28-3)20-13-23-22(30-20)10-9-21(25)24-17-8-6-15(27-2)12-19(17)29-4/h5-8,11-13H,9-10H2,1-4H3,(H,24,25). The van der Waals surface area contributed by atoms with Crippen molar-refractivity contribution in [3.63, 3.8) is 0 Å². The molecule has 158 valence electrons. The van der Waals surface area contributed by atoms with Gasteiger partial charge in [0.25, 0.3) is 0 Å². The molecule has 3 aromatic rings. The first-order valence-electron chi connectivity index (χ1n) is 9.27. The molecule has 0 radical (unpaired) electrons. The number of nitrogens with zero attached hydrogens (tertiary/aromatic N) is 1. The number of oxazole rings is 1. The third kappa shape index (κ3) is 4.83. The van der Waals surface area contributed by atoms with E-state index in [4.69, 9.17) is 23.4 Å². The number of benzene rings is 2. The zero-order chi connectivity index (χ0) is 21.5. The molecule has 3 rings (SSSR count). The molecule has 0 bridgehead atoms. The van der Waals surface area contributed by atoms with Crippen LogP contribution in [0.4, 0.5) is 5.69 Å². The van der Waals surface area contributed by atoms with Crippen molar-refractivity contribution in [3.05, 3.63) is 48.5 Å². The maximum Gasteiger partial charge on any atom is 0.224 e. The van der Waals surface area contributed by atoms with Crippen LogP contribution in [0.5, 0.6) is 23.0 Å². The molecule has 1 aromatic heterocycles. The third-order valence-corrected chi connectivity index (χ3v) is 4.48. The average Bonchev–Trinajstić information content (AvgIpc) is 3.26. The number of rotatable bonds is 9. The van der Waals surface area contributed by atoms with Crippen LogP contribution in [0.3, 0.4) is 0 Å². The van der Waals surface area contributed by atoms with Crippen molar-refractivity contribution in [1.29, 1.82) is 0 Å². The Hall–Kier alpha value is -3.68. The summed E-state index contributed by atoms with van der Waals surface area (Å²) >= 11 is 0. The molecule has 1 amide bonds. The molecular weight excluding hydrogens is 388 g/mol. The molecule has 0 aliphatic carbocycles. The van der Waals surface area contributed by atoms with Gasteiger partial charge in [-0.15, -0.1) is 0 Å². The number of hydrogen-bond acceptors (Lipinski definition) is 7. The van der Waals surface area contributed by atoms with E-state index in [2.05, 4.69) is 10.3 Å². The monoisotopic (exact) mass is 412 g/mol. The topological polar surface area (TPSA) is 92.1 Å². The Morgan fingerprint density at radius 3 is 2.27 bits per heavy atom. The molecule has 0 saturated carbocycles. The Labute approximate surface area is 174 Å². The maximum atomic E-state index is 12.4. The lowest BCUT2D eigenvalue weighted by molar-refractivity contribution is -0.116. The minimum absolute atomic E-state index is 0.180. The molecule has 1 N–H and O–H groups in total. The van der Waals surface area contributed by atoms with E-state index in [-0.39, 0.29) is 12.3 Å². The van der Waals surface area contributed by atoms with Gasteiger partial charge < -0.3 is 28.7 Å². The van der Waals surface area contributed by atoms with Gasteiger partial charge in [-0.3, -0.25) is 4.79 Å². The van der Waals surface area contributed by atoms with E-state index in [1.165, 1.54) is 7.11 Å². The predicted octanol–water partition coefficient (Wildman–Crippen LogP) is 3.95. The van der Waals surface area contributed by atoms with Crippen molar-refractivity contribution in [3.8, 4) is 34.3 Å². The highest BCUT2D eigenvalue weighted by Gasteiger charge is 2.14. The van der Waals surface area contributed by atoms with Crippen LogP contribution in [-0.4, -0.2) is 39.3 Å². The molecule has 8 nitrogen and oxygen atoms in total. The minimum Gasteiger partial charge on any atom is -0.497 e. The van der Waals surface area contributed by atoms with Crippen molar-refractivity contribution in [2.24, 2.45) is 0 Å².